The van der Waals surface area contributed by atoms with E-state index in [1.165, 1.54) is 12.1 Å². The van der Waals surface area contributed by atoms with E-state index >= 15 is 0 Å². The number of hydrogen-bond donors (Lipinski definition) is 1. The number of halogens is 2. The molecule has 1 aromatic heterocycles. The van der Waals surface area contributed by atoms with Crippen LogP contribution >= 0.6 is 23.4 Å². The highest BCUT2D eigenvalue weighted by Crippen LogP contribution is 2.28. The average molecular weight is 396 g/mol. The van der Waals surface area contributed by atoms with Gasteiger partial charge in [-0.3, -0.25) is 0 Å². The SMILES string of the molecule is Fc1ccc(Nc2nc(SCc3ccc(Cl)cc3)nc3ccccc23)cc1. The summed E-state index contributed by atoms with van der Waals surface area (Å²) in [7, 11) is 0. The van der Waals surface area contributed by atoms with Gasteiger partial charge in [0.2, 0.25) is 0 Å². The summed E-state index contributed by atoms with van der Waals surface area (Å²) in [5.74, 6) is 1.17. The van der Waals surface area contributed by atoms with Crippen molar-refractivity contribution in [2.45, 2.75) is 10.9 Å². The molecule has 3 nitrogen and oxygen atoms in total. The summed E-state index contributed by atoms with van der Waals surface area (Å²) in [5.41, 5.74) is 2.78. The van der Waals surface area contributed by atoms with Crippen molar-refractivity contribution in [1.29, 1.82) is 0 Å². The standard InChI is InChI=1S/C21H15ClFN3S/c22-15-7-5-14(6-8-15)13-27-21-25-19-4-2-1-3-18(19)20(26-21)24-17-11-9-16(23)10-12-17/h1-12H,13H2,(H,24,25,26). The molecule has 0 unspecified atom stereocenters. The summed E-state index contributed by atoms with van der Waals surface area (Å²) in [6.07, 6.45) is 0. The summed E-state index contributed by atoms with van der Waals surface area (Å²) in [4.78, 5) is 9.32. The molecule has 4 rings (SSSR count). The minimum absolute atomic E-state index is 0.271. The lowest BCUT2D eigenvalue weighted by Crippen LogP contribution is -1.99. The van der Waals surface area contributed by atoms with Crippen molar-refractivity contribution >= 4 is 45.8 Å². The first kappa shape index (κ1) is 17.8. The smallest absolute Gasteiger partial charge is 0.190 e. The van der Waals surface area contributed by atoms with E-state index in [9.17, 15) is 4.39 Å². The van der Waals surface area contributed by atoms with Gasteiger partial charge in [-0.25, -0.2) is 14.4 Å². The van der Waals surface area contributed by atoms with Crippen LogP contribution in [0.2, 0.25) is 5.02 Å². The monoisotopic (exact) mass is 395 g/mol. The summed E-state index contributed by atoms with van der Waals surface area (Å²) < 4.78 is 13.2. The van der Waals surface area contributed by atoms with Gasteiger partial charge in [0, 0.05) is 21.8 Å². The predicted molar refractivity (Wildman–Crippen MR) is 110 cm³/mol. The molecular weight excluding hydrogens is 381 g/mol. The second-order valence-electron chi connectivity index (χ2n) is 5.92. The van der Waals surface area contributed by atoms with E-state index in [-0.39, 0.29) is 5.82 Å². The molecule has 0 spiro atoms. The summed E-state index contributed by atoms with van der Waals surface area (Å²) >= 11 is 7.49. The van der Waals surface area contributed by atoms with E-state index in [2.05, 4.69) is 15.3 Å². The third-order valence-corrected chi connectivity index (χ3v) is 5.14. The Kier molecular flexibility index (Phi) is 5.23. The Hall–Kier alpha value is -2.63. The van der Waals surface area contributed by atoms with Gasteiger partial charge in [0.1, 0.15) is 11.6 Å². The predicted octanol–water partition coefficient (Wildman–Crippen LogP) is 6.46. The molecule has 0 amide bonds. The van der Waals surface area contributed by atoms with Crippen LogP contribution in [0.15, 0.2) is 78.0 Å². The number of benzene rings is 3. The third kappa shape index (κ3) is 4.38. The molecule has 6 heteroatoms. The first-order valence-electron chi connectivity index (χ1n) is 8.34. The molecule has 1 N–H and O–H groups in total. The van der Waals surface area contributed by atoms with Crippen molar-refractivity contribution in [1.82, 2.24) is 9.97 Å². The molecule has 0 aliphatic heterocycles. The van der Waals surface area contributed by atoms with Crippen molar-refractivity contribution in [3.8, 4) is 0 Å². The highest BCUT2D eigenvalue weighted by Gasteiger charge is 2.09. The van der Waals surface area contributed by atoms with Crippen molar-refractivity contribution < 1.29 is 4.39 Å². The van der Waals surface area contributed by atoms with Crippen molar-refractivity contribution in [3.05, 3.63) is 89.2 Å². The lowest BCUT2D eigenvalue weighted by atomic mass is 10.2. The average Bonchev–Trinajstić information content (AvgIpc) is 2.69. The number of rotatable bonds is 5. The van der Waals surface area contributed by atoms with Gasteiger partial charge in [-0.15, -0.1) is 0 Å². The summed E-state index contributed by atoms with van der Waals surface area (Å²) in [6, 6.07) is 21.8. The maximum atomic E-state index is 13.2. The van der Waals surface area contributed by atoms with Gasteiger partial charge < -0.3 is 5.32 Å². The lowest BCUT2D eigenvalue weighted by Gasteiger charge is -2.11. The molecule has 0 aliphatic rings. The van der Waals surface area contributed by atoms with Crippen LogP contribution in [0.3, 0.4) is 0 Å². The zero-order valence-electron chi connectivity index (χ0n) is 14.2. The van der Waals surface area contributed by atoms with E-state index in [1.807, 2.05) is 48.5 Å². The van der Waals surface area contributed by atoms with Crippen LogP contribution in [0.5, 0.6) is 0 Å². The second-order valence-corrected chi connectivity index (χ2v) is 7.30. The molecule has 0 aliphatic carbocycles. The Labute approximate surface area is 165 Å². The van der Waals surface area contributed by atoms with Gasteiger partial charge in [-0.2, -0.15) is 0 Å². The zero-order chi connectivity index (χ0) is 18.6. The van der Waals surface area contributed by atoms with Crippen LogP contribution in [0.4, 0.5) is 15.9 Å². The van der Waals surface area contributed by atoms with Gasteiger partial charge in [0.15, 0.2) is 5.16 Å². The zero-order valence-corrected chi connectivity index (χ0v) is 15.8. The van der Waals surface area contributed by atoms with Gasteiger partial charge >= 0.3 is 0 Å². The van der Waals surface area contributed by atoms with E-state index in [4.69, 9.17) is 11.6 Å². The maximum Gasteiger partial charge on any atom is 0.190 e. The quantitative estimate of drug-likeness (QED) is 0.311. The Morgan fingerprint density at radius 2 is 1.63 bits per heavy atom. The van der Waals surface area contributed by atoms with E-state index in [0.717, 1.165) is 32.9 Å². The van der Waals surface area contributed by atoms with Crippen LogP contribution in [0, 0.1) is 5.82 Å². The Bertz CT molecular complexity index is 1070. The maximum absolute atomic E-state index is 13.2. The number of para-hydroxylation sites is 1. The minimum atomic E-state index is -0.271. The second kappa shape index (κ2) is 7.94. The van der Waals surface area contributed by atoms with Crippen molar-refractivity contribution in [2.24, 2.45) is 0 Å². The summed E-state index contributed by atoms with van der Waals surface area (Å²) in [5, 5.41) is 5.58. The number of thioether (sulfide) groups is 1. The van der Waals surface area contributed by atoms with Gasteiger partial charge in [-0.1, -0.05) is 47.6 Å². The van der Waals surface area contributed by atoms with Crippen LogP contribution in [0.1, 0.15) is 5.56 Å². The highest BCUT2D eigenvalue weighted by atomic mass is 35.5. The van der Waals surface area contributed by atoms with Gasteiger partial charge in [-0.05, 0) is 54.1 Å². The molecule has 1 heterocycles. The normalized spacial score (nSPS) is 10.9. The number of fused-ring (bicyclic) bond motifs is 1. The topological polar surface area (TPSA) is 37.8 Å². The number of nitrogens with zero attached hydrogens (tertiary/aromatic N) is 2. The summed E-state index contributed by atoms with van der Waals surface area (Å²) in [6.45, 7) is 0. The molecule has 0 saturated heterocycles. The first-order valence-corrected chi connectivity index (χ1v) is 9.70. The van der Waals surface area contributed by atoms with Crippen molar-refractivity contribution in [2.75, 3.05) is 5.32 Å². The number of aromatic nitrogens is 2. The van der Waals surface area contributed by atoms with Crippen molar-refractivity contribution in [3.63, 3.8) is 0 Å². The Balaban J connectivity index is 1.63. The molecule has 4 aromatic rings. The molecular formula is C21H15ClFN3S. The van der Waals surface area contributed by atoms with E-state index < -0.39 is 0 Å². The van der Waals surface area contributed by atoms with Gasteiger partial charge in [0.05, 0.1) is 5.52 Å². The van der Waals surface area contributed by atoms with Crippen LogP contribution in [0.25, 0.3) is 10.9 Å². The Morgan fingerprint density at radius 3 is 2.41 bits per heavy atom. The lowest BCUT2D eigenvalue weighted by molar-refractivity contribution is 0.628. The molecule has 3 aromatic carbocycles. The molecule has 134 valence electrons. The minimum Gasteiger partial charge on any atom is -0.340 e. The number of nitrogens with one attached hydrogen (secondary N) is 1. The fraction of sp³-hybridized carbons (Fsp3) is 0.0476. The fourth-order valence-electron chi connectivity index (χ4n) is 2.61. The van der Waals surface area contributed by atoms with Crippen LogP contribution < -0.4 is 5.32 Å². The molecule has 0 bridgehead atoms. The van der Waals surface area contributed by atoms with E-state index in [1.54, 1.807) is 23.9 Å². The molecule has 27 heavy (non-hydrogen) atoms. The van der Waals surface area contributed by atoms with Crippen LogP contribution in [-0.2, 0) is 5.75 Å². The third-order valence-electron chi connectivity index (χ3n) is 3.97. The fourth-order valence-corrected chi connectivity index (χ4v) is 3.55. The van der Waals surface area contributed by atoms with E-state index in [0.29, 0.717) is 11.0 Å². The van der Waals surface area contributed by atoms with Crippen LogP contribution in [-0.4, -0.2) is 9.97 Å². The molecule has 0 fully saturated rings. The van der Waals surface area contributed by atoms with Gasteiger partial charge in [0.25, 0.3) is 0 Å². The number of hydrogen-bond acceptors (Lipinski definition) is 4. The Morgan fingerprint density at radius 1 is 0.889 bits per heavy atom. The molecule has 0 radical (unpaired) electrons. The largest absolute Gasteiger partial charge is 0.340 e. The molecule has 0 atom stereocenters. The molecule has 0 saturated carbocycles. The first-order chi connectivity index (χ1) is 13.2. The number of anilines is 2. The highest BCUT2D eigenvalue weighted by molar-refractivity contribution is 7.98.